The molecule has 108 valence electrons. The van der Waals surface area contributed by atoms with Gasteiger partial charge in [-0.2, -0.15) is 0 Å². The van der Waals surface area contributed by atoms with Crippen LogP contribution >= 0.6 is 0 Å². The number of hydrogen-bond donors (Lipinski definition) is 3. The van der Waals surface area contributed by atoms with E-state index in [1.165, 1.54) is 0 Å². The lowest BCUT2D eigenvalue weighted by atomic mass is 9.85. The van der Waals surface area contributed by atoms with Crippen molar-refractivity contribution in [1.29, 1.82) is 0 Å². The molecule has 5 nitrogen and oxygen atoms in total. The van der Waals surface area contributed by atoms with Crippen molar-refractivity contribution in [2.45, 2.75) is 51.6 Å². The van der Waals surface area contributed by atoms with Gasteiger partial charge >= 0.3 is 5.97 Å². The molecule has 0 bridgehead atoms. The van der Waals surface area contributed by atoms with E-state index in [0.717, 1.165) is 19.3 Å². The Morgan fingerprint density at radius 2 is 1.74 bits per heavy atom. The van der Waals surface area contributed by atoms with Gasteiger partial charge in [-0.25, -0.2) is 0 Å². The van der Waals surface area contributed by atoms with E-state index in [0.29, 0.717) is 12.8 Å². The minimum Gasteiger partial charge on any atom is -0.481 e. The minimum atomic E-state index is -0.915. The molecular formula is C14H23NO4. The van der Waals surface area contributed by atoms with Gasteiger partial charge in [-0.1, -0.05) is 33.1 Å². The fourth-order valence-electron chi connectivity index (χ4n) is 3.34. The summed E-state index contributed by atoms with van der Waals surface area (Å²) >= 11 is 0. The zero-order valence-electron chi connectivity index (χ0n) is 11.6. The van der Waals surface area contributed by atoms with Crippen LogP contribution in [0.25, 0.3) is 0 Å². The van der Waals surface area contributed by atoms with Crippen LogP contribution in [-0.4, -0.2) is 34.2 Å². The largest absolute Gasteiger partial charge is 0.481 e. The smallest absolute Gasteiger partial charge is 0.307 e. The van der Waals surface area contributed by atoms with E-state index in [4.69, 9.17) is 5.11 Å². The van der Waals surface area contributed by atoms with E-state index < -0.39 is 28.8 Å². The van der Waals surface area contributed by atoms with Crippen molar-refractivity contribution in [3.63, 3.8) is 0 Å². The lowest BCUT2D eigenvalue weighted by molar-refractivity contribution is -0.140. The predicted octanol–water partition coefficient (Wildman–Crippen LogP) is 1.15. The van der Waals surface area contributed by atoms with Crippen LogP contribution in [0.2, 0.25) is 0 Å². The first kappa shape index (κ1) is 14.3. The summed E-state index contributed by atoms with van der Waals surface area (Å²) in [6.07, 6.45) is 4.53. The first-order chi connectivity index (χ1) is 8.78. The van der Waals surface area contributed by atoms with Crippen molar-refractivity contribution < 1.29 is 19.8 Å². The van der Waals surface area contributed by atoms with Gasteiger partial charge in [-0.3, -0.25) is 9.59 Å². The average Bonchev–Trinajstić information content (AvgIpc) is 2.91. The van der Waals surface area contributed by atoms with Crippen molar-refractivity contribution in [3.8, 4) is 0 Å². The molecule has 19 heavy (non-hydrogen) atoms. The topological polar surface area (TPSA) is 86.6 Å². The van der Waals surface area contributed by atoms with Crippen molar-refractivity contribution >= 4 is 11.9 Å². The van der Waals surface area contributed by atoms with Crippen molar-refractivity contribution in [2.75, 3.05) is 6.54 Å². The first-order valence-corrected chi connectivity index (χ1v) is 7.01. The summed E-state index contributed by atoms with van der Waals surface area (Å²) in [6, 6.07) is 0. The monoisotopic (exact) mass is 269 g/mol. The Kier molecular flexibility index (Phi) is 3.60. The number of hydrogen-bond acceptors (Lipinski definition) is 3. The first-order valence-electron chi connectivity index (χ1n) is 7.01. The zero-order chi connectivity index (χ0) is 14.3. The molecule has 2 rings (SSSR count). The summed E-state index contributed by atoms with van der Waals surface area (Å²) in [4.78, 5) is 23.1. The molecule has 0 aliphatic heterocycles. The van der Waals surface area contributed by atoms with E-state index in [9.17, 15) is 14.7 Å². The maximum Gasteiger partial charge on any atom is 0.307 e. The molecule has 0 heterocycles. The van der Waals surface area contributed by atoms with Gasteiger partial charge in [0.2, 0.25) is 5.91 Å². The SMILES string of the molecule is CC1(C)C(C(=O)O)C1C(=O)NCC1(O)CCCCC1. The molecular weight excluding hydrogens is 246 g/mol. The Morgan fingerprint density at radius 1 is 1.16 bits per heavy atom. The molecule has 0 radical (unpaired) electrons. The number of carboxylic acids is 1. The molecule has 2 atom stereocenters. The molecule has 2 unspecified atom stereocenters. The van der Waals surface area contributed by atoms with E-state index in [2.05, 4.69) is 5.32 Å². The van der Waals surface area contributed by atoms with Crippen LogP contribution < -0.4 is 5.32 Å². The number of carbonyl (C=O) groups is 2. The van der Waals surface area contributed by atoms with Gasteiger partial charge in [0.15, 0.2) is 0 Å². The number of carboxylic acid groups (broad SMARTS) is 1. The number of aliphatic hydroxyl groups is 1. The fourth-order valence-corrected chi connectivity index (χ4v) is 3.34. The summed E-state index contributed by atoms with van der Waals surface area (Å²) in [6.45, 7) is 3.83. The van der Waals surface area contributed by atoms with Crippen LogP contribution in [0.5, 0.6) is 0 Å². The Balaban J connectivity index is 1.87. The molecule has 0 aromatic rings. The highest BCUT2D eigenvalue weighted by atomic mass is 16.4. The van der Waals surface area contributed by atoms with Gasteiger partial charge in [-0.15, -0.1) is 0 Å². The molecule has 2 fully saturated rings. The molecule has 0 spiro atoms. The third kappa shape index (κ3) is 2.76. The Morgan fingerprint density at radius 3 is 2.21 bits per heavy atom. The Hall–Kier alpha value is -1.10. The number of aliphatic carboxylic acids is 1. The second kappa shape index (κ2) is 4.78. The second-order valence-electron chi connectivity index (χ2n) is 6.62. The van der Waals surface area contributed by atoms with Gasteiger partial charge in [-0.05, 0) is 18.3 Å². The molecule has 0 aromatic heterocycles. The number of nitrogens with one attached hydrogen (secondary N) is 1. The quantitative estimate of drug-likeness (QED) is 0.714. The highest BCUT2D eigenvalue weighted by molar-refractivity contribution is 5.91. The van der Waals surface area contributed by atoms with E-state index in [-0.39, 0.29) is 12.5 Å². The minimum absolute atomic E-state index is 0.239. The number of carbonyl (C=O) groups excluding carboxylic acids is 1. The van der Waals surface area contributed by atoms with Crippen LogP contribution in [0.3, 0.4) is 0 Å². The van der Waals surface area contributed by atoms with Crippen molar-refractivity contribution in [1.82, 2.24) is 5.32 Å². The van der Waals surface area contributed by atoms with E-state index >= 15 is 0 Å². The lowest BCUT2D eigenvalue weighted by Crippen LogP contribution is -2.45. The molecule has 2 aliphatic rings. The van der Waals surface area contributed by atoms with Gasteiger partial charge in [0.1, 0.15) is 0 Å². The summed E-state index contributed by atoms with van der Waals surface area (Å²) in [5.41, 5.74) is -1.28. The maximum absolute atomic E-state index is 12.0. The number of rotatable bonds is 4. The molecule has 0 aromatic carbocycles. The molecule has 5 heteroatoms. The molecule has 2 saturated carbocycles. The predicted molar refractivity (Wildman–Crippen MR) is 69.4 cm³/mol. The van der Waals surface area contributed by atoms with Crippen LogP contribution in [0, 0.1) is 17.3 Å². The lowest BCUT2D eigenvalue weighted by Gasteiger charge is -2.32. The molecule has 0 saturated heterocycles. The summed E-state index contributed by atoms with van der Waals surface area (Å²) < 4.78 is 0. The van der Waals surface area contributed by atoms with E-state index in [1.54, 1.807) is 13.8 Å². The third-order valence-electron chi connectivity index (χ3n) is 4.75. The second-order valence-corrected chi connectivity index (χ2v) is 6.62. The fraction of sp³-hybridized carbons (Fsp3) is 0.857. The van der Waals surface area contributed by atoms with Gasteiger partial charge in [0.05, 0.1) is 17.4 Å². The van der Waals surface area contributed by atoms with Crippen molar-refractivity contribution in [2.24, 2.45) is 17.3 Å². The Labute approximate surface area is 113 Å². The van der Waals surface area contributed by atoms with Gasteiger partial charge in [0.25, 0.3) is 0 Å². The van der Waals surface area contributed by atoms with Crippen LogP contribution in [0.1, 0.15) is 46.0 Å². The zero-order valence-corrected chi connectivity index (χ0v) is 11.6. The van der Waals surface area contributed by atoms with Crippen LogP contribution in [0.15, 0.2) is 0 Å². The van der Waals surface area contributed by atoms with Gasteiger partial charge in [0, 0.05) is 6.54 Å². The normalized spacial score (nSPS) is 31.5. The summed E-state index contributed by atoms with van der Waals surface area (Å²) in [7, 11) is 0. The standard InChI is InChI=1S/C14H23NO4/c1-13(2)9(10(13)12(17)18)11(16)15-8-14(19)6-4-3-5-7-14/h9-10,19H,3-8H2,1-2H3,(H,15,16)(H,17,18). The highest BCUT2D eigenvalue weighted by Gasteiger charge is 2.65. The third-order valence-corrected chi connectivity index (χ3v) is 4.75. The Bertz CT molecular complexity index is 385. The van der Waals surface area contributed by atoms with Crippen LogP contribution in [-0.2, 0) is 9.59 Å². The summed E-state index contributed by atoms with van der Waals surface area (Å²) in [5.74, 6) is -2.23. The average molecular weight is 269 g/mol. The van der Waals surface area contributed by atoms with Crippen LogP contribution in [0.4, 0.5) is 0 Å². The molecule has 2 aliphatic carbocycles. The maximum atomic E-state index is 12.0. The summed E-state index contributed by atoms with van der Waals surface area (Å²) in [5, 5.41) is 22.1. The molecule has 1 amide bonds. The molecule has 3 N–H and O–H groups in total. The highest BCUT2D eigenvalue weighted by Crippen LogP contribution is 2.58. The van der Waals surface area contributed by atoms with Gasteiger partial charge < -0.3 is 15.5 Å². The number of amides is 1. The van der Waals surface area contributed by atoms with Crippen molar-refractivity contribution in [3.05, 3.63) is 0 Å². The van der Waals surface area contributed by atoms with E-state index in [1.807, 2.05) is 0 Å².